The standard InChI is InChI=1S/C11H16N6S/c1-17(2)9(18)7-3-5-8(6-4-7)15-11(14)16-10(12)13/h3-6H,1-2H3,(H6,12,13,14,15,16). The van der Waals surface area contributed by atoms with Crippen LogP contribution in [-0.2, 0) is 0 Å². The van der Waals surface area contributed by atoms with Crippen molar-refractivity contribution in [3.8, 4) is 0 Å². The second-order valence-corrected chi connectivity index (χ2v) is 4.14. The lowest BCUT2D eigenvalue weighted by Gasteiger charge is -2.13. The molecule has 18 heavy (non-hydrogen) atoms. The van der Waals surface area contributed by atoms with Crippen LogP contribution in [0.25, 0.3) is 0 Å². The summed E-state index contributed by atoms with van der Waals surface area (Å²) in [6.07, 6.45) is 0. The fraction of sp³-hybridized carbons (Fsp3) is 0.182. The average Bonchev–Trinajstić information content (AvgIpc) is 2.27. The minimum atomic E-state index is -0.123. The number of thiocarbonyl (C=S) groups is 1. The second-order valence-electron chi connectivity index (χ2n) is 3.75. The molecule has 0 saturated carbocycles. The summed E-state index contributed by atoms with van der Waals surface area (Å²) in [6.45, 7) is 0. The summed E-state index contributed by atoms with van der Waals surface area (Å²) < 4.78 is 0. The van der Waals surface area contributed by atoms with E-state index in [-0.39, 0.29) is 11.9 Å². The molecule has 0 aliphatic rings. The van der Waals surface area contributed by atoms with E-state index < -0.39 is 0 Å². The van der Waals surface area contributed by atoms with E-state index in [1.807, 2.05) is 31.1 Å². The molecule has 0 bridgehead atoms. The van der Waals surface area contributed by atoms with E-state index in [9.17, 15) is 0 Å². The third-order valence-corrected chi connectivity index (χ3v) is 2.61. The Morgan fingerprint density at radius 3 is 2.11 bits per heavy atom. The maximum absolute atomic E-state index is 5.52. The molecule has 0 aliphatic carbocycles. The van der Waals surface area contributed by atoms with Crippen LogP contribution in [0, 0.1) is 0 Å². The molecule has 1 aromatic rings. The maximum Gasteiger partial charge on any atom is 0.223 e. The van der Waals surface area contributed by atoms with Crippen molar-refractivity contribution in [2.45, 2.75) is 0 Å². The first-order valence-electron chi connectivity index (χ1n) is 5.15. The van der Waals surface area contributed by atoms with E-state index in [1.54, 1.807) is 12.1 Å². The van der Waals surface area contributed by atoms with E-state index in [1.165, 1.54) is 0 Å². The van der Waals surface area contributed by atoms with Gasteiger partial charge in [-0.1, -0.05) is 12.2 Å². The van der Waals surface area contributed by atoms with Crippen molar-refractivity contribution in [3.05, 3.63) is 29.8 Å². The van der Waals surface area contributed by atoms with Crippen LogP contribution in [0.5, 0.6) is 0 Å². The van der Waals surface area contributed by atoms with Gasteiger partial charge in [0.1, 0.15) is 4.99 Å². The molecule has 0 aromatic heterocycles. The highest BCUT2D eigenvalue weighted by Gasteiger charge is 2.02. The number of nitrogens with two attached hydrogens (primary N) is 3. The van der Waals surface area contributed by atoms with Crippen LogP contribution in [0.1, 0.15) is 5.56 Å². The molecule has 1 rings (SSSR count). The average molecular weight is 264 g/mol. The molecular weight excluding hydrogens is 248 g/mol. The number of aliphatic imine (C=N–C) groups is 2. The zero-order chi connectivity index (χ0) is 13.7. The Morgan fingerprint density at radius 2 is 1.67 bits per heavy atom. The molecule has 0 atom stereocenters. The highest BCUT2D eigenvalue weighted by molar-refractivity contribution is 7.80. The van der Waals surface area contributed by atoms with Gasteiger partial charge in [-0.3, -0.25) is 0 Å². The topological polar surface area (TPSA) is 106 Å². The van der Waals surface area contributed by atoms with E-state index >= 15 is 0 Å². The van der Waals surface area contributed by atoms with Crippen LogP contribution in [0.3, 0.4) is 0 Å². The first kappa shape index (κ1) is 13.9. The third-order valence-electron chi connectivity index (χ3n) is 2.01. The number of hydrogen-bond donors (Lipinski definition) is 3. The first-order valence-corrected chi connectivity index (χ1v) is 5.56. The van der Waals surface area contributed by atoms with Gasteiger partial charge in [0, 0.05) is 19.7 Å². The van der Waals surface area contributed by atoms with E-state index in [0.29, 0.717) is 5.69 Å². The van der Waals surface area contributed by atoms with Gasteiger partial charge in [0.25, 0.3) is 0 Å². The van der Waals surface area contributed by atoms with Gasteiger partial charge in [-0.2, -0.15) is 4.99 Å². The van der Waals surface area contributed by atoms with Gasteiger partial charge in [-0.15, -0.1) is 0 Å². The lowest BCUT2D eigenvalue weighted by Crippen LogP contribution is -2.26. The molecule has 96 valence electrons. The molecule has 0 heterocycles. The van der Waals surface area contributed by atoms with E-state index in [4.69, 9.17) is 29.4 Å². The maximum atomic E-state index is 5.52. The van der Waals surface area contributed by atoms with Gasteiger partial charge >= 0.3 is 0 Å². The van der Waals surface area contributed by atoms with Gasteiger partial charge in [-0.05, 0) is 24.3 Å². The lowest BCUT2D eigenvalue weighted by molar-refractivity contribution is 0.636. The van der Waals surface area contributed by atoms with Gasteiger partial charge in [0.15, 0.2) is 5.96 Å². The number of rotatable bonds is 2. The summed E-state index contributed by atoms with van der Waals surface area (Å²) in [5, 5.41) is 0. The van der Waals surface area contributed by atoms with Gasteiger partial charge in [0.05, 0.1) is 5.69 Å². The van der Waals surface area contributed by atoms with Crippen LogP contribution >= 0.6 is 12.2 Å². The molecule has 0 aliphatic heterocycles. The van der Waals surface area contributed by atoms with Crippen LogP contribution in [0.4, 0.5) is 5.69 Å². The van der Waals surface area contributed by atoms with Crippen LogP contribution in [0.15, 0.2) is 34.3 Å². The molecule has 7 heteroatoms. The summed E-state index contributed by atoms with van der Waals surface area (Å²) in [5.41, 5.74) is 17.5. The molecule has 6 N–H and O–H groups in total. The molecule has 1 aromatic carbocycles. The molecule has 0 radical (unpaired) electrons. The predicted octanol–water partition coefficient (Wildman–Crippen LogP) is 0.143. The normalized spacial score (nSPS) is 10.9. The van der Waals surface area contributed by atoms with Crippen molar-refractivity contribution in [2.24, 2.45) is 27.2 Å². The SMILES string of the molecule is CN(C)C(=S)c1ccc(N=C(N)N=C(N)N)cc1. The largest absolute Gasteiger partial charge is 0.370 e. The molecule has 6 nitrogen and oxygen atoms in total. The van der Waals surface area contributed by atoms with Crippen molar-refractivity contribution in [2.75, 3.05) is 14.1 Å². The molecule has 0 saturated heterocycles. The minimum Gasteiger partial charge on any atom is -0.370 e. The van der Waals surface area contributed by atoms with Crippen LogP contribution < -0.4 is 17.2 Å². The van der Waals surface area contributed by atoms with Crippen molar-refractivity contribution in [1.29, 1.82) is 0 Å². The second kappa shape index (κ2) is 5.97. The number of hydrogen-bond acceptors (Lipinski definition) is 2. The quantitative estimate of drug-likeness (QED) is 0.400. The van der Waals surface area contributed by atoms with Crippen molar-refractivity contribution in [3.63, 3.8) is 0 Å². The molecule has 0 unspecified atom stereocenters. The Kier molecular flexibility index (Phi) is 4.61. The highest BCUT2D eigenvalue weighted by atomic mass is 32.1. The first-order chi connectivity index (χ1) is 8.40. The zero-order valence-corrected chi connectivity index (χ0v) is 11.1. The smallest absolute Gasteiger partial charge is 0.223 e. The fourth-order valence-corrected chi connectivity index (χ4v) is 1.36. The predicted molar refractivity (Wildman–Crippen MR) is 78.9 cm³/mol. The Bertz CT molecular complexity index is 485. The van der Waals surface area contributed by atoms with Gasteiger partial charge in [0.2, 0.25) is 5.96 Å². The minimum absolute atomic E-state index is 0.0120. The van der Waals surface area contributed by atoms with E-state index in [0.717, 1.165) is 10.6 Å². The van der Waals surface area contributed by atoms with Crippen molar-refractivity contribution < 1.29 is 0 Å². The Labute approximate surface area is 111 Å². The van der Waals surface area contributed by atoms with Crippen LogP contribution in [0.2, 0.25) is 0 Å². The lowest BCUT2D eigenvalue weighted by atomic mass is 10.2. The summed E-state index contributed by atoms with van der Waals surface area (Å²) in [6, 6.07) is 7.31. The third kappa shape index (κ3) is 4.02. The summed E-state index contributed by atoms with van der Waals surface area (Å²) >= 11 is 5.24. The summed E-state index contributed by atoms with van der Waals surface area (Å²) in [5.74, 6) is -0.111. The summed E-state index contributed by atoms with van der Waals surface area (Å²) in [7, 11) is 3.79. The monoisotopic (exact) mass is 264 g/mol. The van der Waals surface area contributed by atoms with Gasteiger partial charge in [-0.25, -0.2) is 4.99 Å². The Balaban J connectivity index is 2.90. The Hall–Kier alpha value is -2.15. The molecule has 0 amide bonds. The number of nitrogens with zero attached hydrogens (tertiary/aromatic N) is 3. The fourth-order valence-electron chi connectivity index (χ4n) is 1.23. The van der Waals surface area contributed by atoms with Gasteiger partial charge < -0.3 is 22.1 Å². The number of guanidine groups is 2. The van der Waals surface area contributed by atoms with Crippen molar-refractivity contribution in [1.82, 2.24) is 4.90 Å². The molecule has 0 fully saturated rings. The molecule has 0 spiro atoms. The summed E-state index contributed by atoms with van der Waals surface area (Å²) in [4.78, 5) is 10.3. The molecular formula is C11H16N6S. The van der Waals surface area contributed by atoms with E-state index in [2.05, 4.69) is 9.98 Å². The Morgan fingerprint density at radius 1 is 1.11 bits per heavy atom. The zero-order valence-electron chi connectivity index (χ0n) is 10.3. The van der Waals surface area contributed by atoms with Crippen LogP contribution in [-0.4, -0.2) is 35.9 Å². The van der Waals surface area contributed by atoms with Crippen molar-refractivity contribution >= 4 is 34.8 Å². The number of benzene rings is 1. The highest BCUT2D eigenvalue weighted by Crippen LogP contribution is 2.14.